The lowest BCUT2D eigenvalue weighted by atomic mass is 9.95. The first-order valence-corrected chi connectivity index (χ1v) is 11.2. The molecule has 0 aliphatic carbocycles. The van der Waals surface area contributed by atoms with Crippen LogP contribution in [0.5, 0.6) is 11.5 Å². The van der Waals surface area contributed by atoms with Crippen molar-refractivity contribution in [1.82, 2.24) is 15.0 Å². The first-order chi connectivity index (χ1) is 15.6. The number of methoxy groups -OCH3 is 2. The molecule has 1 aliphatic rings. The van der Waals surface area contributed by atoms with Crippen LogP contribution in [0, 0.1) is 5.92 Å². The van der Waals surface area contributed by atoms with Crippen LogP contribution >= 0.6 is 15.9 Å². The molecule has 1 amide bonds. The summed E-state index contributed by atoms with van der Waals surface area (Å²) in [5, 5.41) is 7.08. The number of carbonyl (C=O) groups excluding carboxylic acids is 1. The van der Waals surface area contributed by atoms with E-state index in [1.807, 2.05) is 24.3 Å². The Morgan fingerprint density at radius 2 is 2.00 bits per heavy atom. The molecule has 0 atom stereocenters. The number of hydrogen-bond acceptors (Lipinski definition) is 7. The summed E-state index contributed by atoms with van der Waals surface area (Å²) < 4.78 is 17.0. The minimum absolute atomic E-state index is 0.00839. The van der Waals surface area contributed by atoms with E-state index in [-0.39, 0.29) is 11.8 Å². The number of halogens is 1. The van der Waals surface area contributed by atoms with E-state index in [4.69, 9.17) is 14.0 Å². The van der Waals surface area contributed by atoms with Crippen molar-refractivity contribution in [3.05, 3.63) is 52.8 Å². The number of hydrogen-bond donors (Lipinski definition) is 1. The molecule has 32 heavy (non-hydrogen) atoms. The molecule has 0 spiro atoms. The van der Waals surface area contributed by atoms with Gasteiger partial charge in [0.25, 0.3) is 0 Å². The van der Waals surface area contributed by atoms with Gasteiger partial charge in [-0.3, -0.25) is 9.69 Å². The highest BCUT2D eigenvalue weighted by atomic mass is 79.9. The molecule has 3 aromatic rings. The summed E-state index contributed by atoms with van der Waals surface area (Å²) in [5.74, 6) is 2.34. The number of amides is 1. The highest BCUT2D eigenvalue weighted by Gasteiger charge is 2.26. The Morgan fingerprint density at radius 1 is 1.19 bits per heavy atom. The van der Waals surface area contributed by atoms with Crippen LogP contribution < -0.4 is 14.8 Å². The predicted octanol–water partition coefficient (Wildman–Crippen LogP) is 4.37. The molecule has 1 fully saturated rings. The molecule has 4 rings (SSSR count). The van der Waals surface area contributed by atoms with E-state index in [2.05, 4.69) is 36.3 Å². The van der Waals surface area contributed by atoms with Crippen LogP contribution in [0.2, 0.25) is 0 Å². The average Bonchev–Trinajstić information content (AvgIpc) is 3.28. The van der Waals surface area contributed by atoms with Crippen molar-refractivity contribution in [2.24, 2.45) is 5.92 Å². The summed E-state index contributed by atoms with van der Waals surface area (Å²) in [5.41, 5.74) is 1.52. The van der Waals surface area contributed by atoms with E-state index in [1.54, 1.807) is 32.4 Å². The van der Waals surface area contributed by atoms with Crippen molar-refractivity contribution in [3.8, 4) is 22.9 Å². The summed E-state index contributed by atoms with van der Waals surface area (Å²) >= 11 is 3.46. The molecule has 0 radical (unpaired) electrons. The zero-order valence-electron chi connectivity index (χ0n) is 18.0. The van der Waals surface area contributed by atoms with Crippen molar-refractivity contribution in [2.75, 3.05) is 32.6 Å². The summed E-state index contributed by atoms with van der Waals surface area (Å²) in [6.07, 6.45) is 1.51. The van der Waals surface area contributed by atoms with Gasteiger partial charge in [0.15, 0.2) is 0 Å². The van der Waals surface area contributed by atoms with Gasteiger partial charge in [-0.05, 0) is 50.2 Å². The van der Waals surface area contributed by atoms with Gasteiger partial charge >= 0.3 is 0 Å². The van der Waals surface area contributed by atoms with Gasteiger partial charge in [-0.25, -0.2) is 0 Å². The second-order valence-electron chi connectivity index (χ2n) is 7.63. The number of aromatic nitrogens is 2. The van der Waals surface area contributed by atoms with Crippen molar-refractivity contribution in [1.29, 1.82) is 0 Å². The number of carbonyl (C=O) groups is 1. The zero-order chi connectivity index (χ0) is 22.5. The molecular weight excluding hydrogens is 476 g/mol. The van der Waals surface area contributed by atoms with E-state index in [0.29, 0.717) is 35.4 Å². The molecule has 1 aromatic heterocycles. The minimum atomic E-state index is -0.0675. The molecule has 8 nitrogen and oxygen atoms in total. The molecule has 2 heterocycles. The van der Waals surface area contributed by atoms with Gasteiger partial charge in [-0.15, -0.1) is 0 Å². The maximum absolute atomic E-state index is 12.8. The van der Waals surface area contributed by atoms with E-state index in [1.165, 1.54) is 0 Å². The van der Waals surface area contributed by atoms with Gasteiger partial charge in [-0.1, -0.05) is 33.2 Å². The third kappa shape index (κ3) is 5.28. The molecule has 9 heteroatoms. The van der Waals surface area contributed by atoms with Crippen LogP contribution in [0.3, 0.4) is 0 Å². The lowest BCUT2D eigenvalue weighted by Gasteiger charge is -2.30. The third-order valence-electron chi connectivity index (χ3n) is 5.53. The lowest BCUT2D eigenvalue weighted by Crippen LogP contribution is -2.37. The normalized spacial score (nSPS) is 14.8. The Kier molecular flexibility index (Phi) is 7.06. The molecular formula is C23H25BrN4O4. The first-order valence-electron chi connectivity index (χ1n) is 10.4. The highest BCUT2D eigenvalue weighted by Crippen LogP contribution is 2.30. The Morgan fingerprint density at radius 3 is 2.72 bits per heavy atom. The fraction of sp³-hybridized carbons (Fsp3) is 0.348. The number of nitrogens with zero attached hydrogens (tertiary/aromatic N) is 3. The van der Waals surface area contributed by atoms with Gasteiger partial charge in [0, 0.05) is 22.0 Å². The molecule has 0 bridgehead atoms. The minimum Gasteiger partial charge on any atom is -0.497 e. The van der Waals surface area contributed by atoms with Gasteiger partial charge in [0.05, 0.1) is 26.5 Å². The Labute approximate surface area is 195 Å². The number of nitrogens with one attached hydrogen (secondary N) is 1. The zero-order valence-corrected chi connectivity index (χ0v) is 19.6. The maximum Gasteiger partial charge on any atom is 0.241 e. The lowest BCUT2D eigenvalue weighted by molar-refractivity contribution is -0.121. The number of benzene rings is 2. The van der Waals surface area contributed by atoms with Crippen LogP contribution in [0.25, 0.3) is 11.4 Å². The largest absolute Gasteiger partial charge is 0.497 e. The van der Waals surface area contributed by atoms with Gasteiger partial charge in [-0.2, -0.15) is 4.98 Å². The second-order valence-corrected chi connectivity index (χ2v) is 8.54. The molecule has 1 saturated heterocycles. The van der Waals surface area contributed by atoms with Crippen LogP contribution in [-0.4, -0.2) is 48.3 Å². The van der Waals surface area contributed by atoms with E-state index in [0.717, 1.165) is 36.0 Å². The summed E-state index contributed by atoms with van der Waals surface area (Å²) in [4.78, 5) is 19.6. The van der Waals surface area contributed by atoms with Crippen molar-refractivity contribution in [3.63, 3.8) is 0 Å². The smallest absolute Gasteiger partial charge is 0.241 e. The SMILES string of the molecule is COc1ccc(OC)c(NC(=O)C2CCN(Cc3nc(-c4cccc(Br)c4)no3)CC2)c1. The summed E-state index contributed by atoms with van der Waals surface area (Å²) in [6.45, 7) is 2.13. The van der Waals surface area contributed by atoms with Crippen molar-refractivity contribution >= 4 is 27.5 Å². The van der Waals surface area contributed by atoms with Crippen LogP contribution in [0.1, 0.15) is 18.7 Å². The Balaban J connectivity index is 1.31. The number of anilines is 1. The van der Waals surface area contributed by atoms with Crippen LogP contribution in [-0.2, 0) is 11.3 Å². The number of piperidine rings is 1. The van der Waals surface area contributed by atoms with Gasteiger partial charge < -0.3 is 19.3 Å². The second kappa shape index (κ2) is 10.1. The average molecular weight is 501 g/mol. The monoisotopic (exact) mass is 500 g/mol. The fourth-order valence-corrected chi connectivity index (χ4v) is 4.15. The van der Waals surface area contributed by atoms with Crippen molar-refractivity contribution in [2.45, 2.75) is 19.4 Å². The number of ether oxygens (including phenoxy) is 2. The first kappa shape index (κ1) is 22.3. The molecule has 168 valence electrons. The van der Waals surface area contributed by atoms with E-state index < -0.39 is 0 Å². The topological polar surface area (TPSA) is 89.7 Å². The molecule has 0 saturated carbocycles. The Hall–Kier alpha value is -2.91. The summed E-state index contributed by atoms with van der Waals surface area (Å²) in [6, 6.07) is 13.1. The Bertz CT molecular complexity index is 1080. The number of rotatable bonds is 7. The van der Waals surface area contributed by atoms with Crippen molar-refractivity contribution < 1.29 is 18.8 Å². The molecule has 1 N–H and O–H groups in total. The number of likely N-dealkylation sites (tertiary alicyclic amines) is 1. The van der Waals surface area contributed by atoms with Crippen LogP contribution in [0.4, 0.5) is 5.69 Å². The summed E-state index contributed by atoms with van der Waals surface area (Å²) in [7, 11) is 3.17. The van der Waals surface area contributed by atoms with E-state index in [9.17, 15) is 4.79 Å². The quantitative estimate of drug-likeness (QED) is 0.515. The molecule has 1 aliphatic heterocycles. The molecule has 0 unspecified atom stereocenters. The maximum atomic E-state index is 12.8. The molecule has 2 aromatic carbocycles. The van der Waals surface area contributed by atoms with Crippen LogP contribution in [0.15, 0.2) is 51.5 Å². The van der Waals surface area contributed by atoms with E-state index >= 15 is 0 Å². The highest BCUT2D eigenvalue weighted by molar-refractivity contribution is 9.10. The fourth-order valence-electron chi connectivity index (χ4n) is 3.76. The standard InChI is InChI=1S/C23H25BrN4O4/c1-30-18-6-7-20(31-2)19(13-18)25-23(29)15-8-10-28(11-9-15)14-21-26-22(27-32-21)16-4-3-5-17(24)12-16/h3-7,12-13,15H,8-11,14H2,1-2H3,(H,25,29). The van der Waals surface area contributed by atoms with Gasteiger partial charge in [0.2, 0.25) is 17.6 Å². The predicted molar refractivity (Wildman–Crippen MR) is 124 cm³/mol. The third-order valence-corrected chi connectivity index (χ3v) is 6.03. The van der Waals surface area contributed by atoms with Gasteiger partial charge in [0.1, 0.15) is 11.5 Å².